The van der Waals surface area contributed by atoms with Crippen molar-refractivity contribution in [2.45, 2.75) is 58.0 Å². The Morgan fingerprint density at radius 2 is 1.89 bits per heavy atom. The highest BCUT2D eigenvalue weighted by Gasteiger charge is 2.55. The first kappa shape index (κ1) is 19.4. The van der Waals surface area contributed by atoms with Crippen LogP contribution >= 0.6 is 0 Å². The van der Waals surface area contributed by atoms with Gasteiger partial charge in [0.15, 0.2) is 0 Å². The molecule has 2 fully saturated rings. The lowest BCUT2D eigenvalue weighted by molar-refractivity contribution is -0.140. The maximum Gasteiger partial charge on any atom is 0.325 e. The van der Waals surface area contributed by atoms with Crippen LogP contribution in [-0.2, 0) is 22.6 Å². The average Bonchev–Trinajstić information content (AvgIpc) is 2.89. The fourth-order valence-electron chi connectivity index (χ4n) is 4.14. The zero-order valence-electron chi connectivity index (χ0n) is 16.5. The molecule has 1 saturated heterocycles. The highest BCUT2D eigenvalue weighted by Crippen LogP contribution is 2.38. The summed E-state index contributed by atoms with van der Waals surface area (Å²) in [5, 5.41) is 2.89. The molecule has 3 rings (SSSR count). The maximum absolute atomic E-state index is 13.0. The smallest absolute Gasteiger partial charge is 0.325 e. The Labute approximate surface area is 160 Å². The van der Waals surface area contributed by atoms with Crippen molar-refractivity contribution < 1.29 is 14.4 Å². The molecule has 1 saturated carbocycles. The van der Waals surface area contributed by atoms with Gasteiger partial charge in [0.25, 0.3) is 5.91 Å². The van der Waals surface area contributed by atoms with Crippen molar-refractivity contribution in [2.24, 2.45) is 5.92 Å². The van der Waals surface area contributed by atoms with Gasteiger partial charge in [-0.25, -0.2) is 4.79 Å². The summed E-state index contributed by atoms with van der Waals surface area (Å²) in [6.45, 7) is 4.36. The summed E-state index contributed by atoms with van der Waals surface area (Å²) in [5.74, 6) is -0.384. The van der Waals surface area contributed by atoms with E-state index in [1.54, 1.807) is 11.9 Å². The van der Waals surface area contributed by atoms with Crippen LogP contribution < -0.4 is 5.32 Å². The minimum Gasteiger partial charge on any atom is -0.340 e. The van der Waals surface area contributed by atoms with Crippen molar-refractivity contribution in [3.05, 3.63) is 35.4 Å². The molecule has 1 aromatic carbocycles. The molecule has 6 nitrogen and oxygen atoms in total. The van der Waals surface area contributed by atoms with Gasteiger partial charge < -0.3 is 10.2 Å². The second kappa shape index (κ2) is 7.71. The van der Waals surface area contributed by atoms with E-state index in [1.807, 2.05) is 19.1 Å². The number of carbonyl (C=O) groups is 3. The van der Waals surface area contributed by atoms with Crippen molar-refractivity contribution in [2.75, 3.05) is 13.6 Å². The van der Waals surface area contributed by atoms with Crippen LogP contribution in [0.5, 0.6) is 0 Å². The van der Waals surface area contributed by atoms with Crippen molar-refractivity contribution in [3.63, 3.8) is 0 Å². The molecular formula is C21H29N3O3. The van der Waals surface area contributed by atoms with Crippen LogP contribution in [0.3, 0.4) is 0 Å². The maximum atomic E-state index is 13.0. The summed E-state index contributed by atoms with van der Waals surface area (Å²) >= 11 is 0. The summed E-state index contributed by atoms with van der Waals surface area (Å²) in [4.78, 5) is 40.7. The molecule has 0 aromatic heterocycles. The standard InChI is InChI=1S/C21H29N3O3/c1-4-16-8-10-17(11-9-16)13-23(3)18(25)14-24-19(26)21(22-20(24)27)12-6-5-7-15(21)2/h8-11,15H,4-7,12-14H2,1-3H3,(H,22,27)/t15-,21+/m1/s1. The molecular weight excluding hydrogens is 342 g/mol. The molecule has 4 amide bonds. The summed E-state index contributed by atoms with van der Waals surface area (Å²) < 4.78 is 0. The van der Waals surface area contributed by atoms with Gasteiger partial charge in [-0.15, -0.1) is 0 Å². The van der Waals surface area contributed by atoms with Gasteiger partial charge in [0, 0.05) is 13.6 Å². The Kier molecular flexibility index (Phi) is 5.53. The summed E-state index contributed by atoms with van der Waals surface area (Å²) in [7, 11) is 1.70. The molecule has 1 N–H and O–H groups in total. The number of carbonyl (C=O) groups excluding carboxylic acids is 3. The van der Waals surface area contributed by atoms with Crippen LogP contribution in [0.25, 0.3) is 0 Å². The number of aryl methyl sites for hydroxylation is 1. The first-order chi connectivity index (χ1) is 12.9. The molecule has 27 heavy (non-hydrogen) atoms. The Balaban J connectivity index is 1.64. The van der Waals surface area contributed by atoms with Crippen molar-refractivity contribution >= 4 is 17.8 Å². The van der Waals surface area contributed by atoms with Crippen LogP contribution in [0.15, 0.2) is 24.3 Å². The van der Waals surface area contributed by atoms with E-state index in [0.29, 0.717) is 13.0 Å². The number of nitrogens with zero attached hydrogens (tertiary/aromatic N) is 2. The lowest BCUT2D eigenvalue weighted by atomic mass is 9.73. The van der Waals surface area contributed by atoms with Crippen LogP contribution in [-0.4, -0.2) is 46.8 Å². The first-order valence-corrected chi connectivity index (χ1v) is 9.83. The Morgan fingerprint density at radius 3 is 2.52 bits per heavy atom. The number of rotatable bonds is 5. The van der Waals surface area contributed by atoms with Gasteiger partial charge >= 0.3 is 6.03 Å². The predicted molar refractivity (Wildman–Crippen MR) is 103 cm³/mol. The normalized spacial score (nSPS) is 25.0. The van der Waals surface area contributed by atoms with E-state index in [2.05, 4.69) is 24.4 Å². The van der Waals surface area contributed by atoms with E-state index in [0.717, 1.165) is 36.1 Å². The van der Waals surface area contributed by atoms with Crippen molar-refractivity contribution in [1.82, 2.24) is 15.1 Å². The predicted octanol–water partition coefficient (Wildman–Crippen LogP) is 2.71. The SMILES string of the molecule is CCc1ccc(CN(C)C(=O)CN2C(=O)N[C@]3(CCCC[C@H]3C)C2=O)cc1. The molecule has 1 spiro atoms. The Hall–Kier alpha value is -2.37. The zero-order valence-corrected chi connectivity index (χ0v) is 16.5. The molecule has 6 heteroatoms. The lowest BCUT2D eigenvalue weighted by Crippen LogP contribution is -2.54. The molecule has 0 unspecified atom stereocenters. The van der Waals surface area contributed by atoms with E-state index in [1.165, 1.54) is 5.56 Å². The van der Waals surface area contributed by atoms with Crippen molar-refractivity contribution in [1.29, 1.82) is 0 Å². The topological polar surface area (TPSA) is 69.7 Å². The van der Waals surface area contributed by atoms with Gasteiger partial charge in [0.2, 0.25) is 5.91 Å². The van der Waals surface area contributed by atoms with E-state index in [-0.39, 0.29) is 24.3 Å². The summed E-state index contributed by atoms with van der Waals surface area (Å²) in [6, 6.07) is 7.69. The number of likely N-dealkylation sites (N-methyl/N-ethyl adjacent to an activating group) is 1. The van der Waals surface area contributed by atoms with E-state index >= 15 is 0 Å². The number of amides is 4. The quantitative estimate of drug-likeness (QED) is 0.809. The fraction of sp³-hybridized carbons (Fsp3) is 0.571. The van der Waals surface area contributed by atoms with E-state index in [9.17, 15) is 14.4 Å². The average molecular weight is 371 g/mol. The van der Waals surface area contributed by atoms with Crippen molar-refractivity contribution in [3.8, 4) is 0 Å². The number of hydrogen-bond acceptors (Lipinski definition) is 3. The monoisotopic (exact) mass is 371 g/mol. The molecule has 1 aliphatic heterocycles. The van der Waals surface area contributed by atoms with E-state index in [4.69, 9.17) is 0 Å². The van der Waals surface area contributed by atoms with Crippen LogP contribution in [0.1, 0.15) is 50.7 Å². The summed E-state index contributed by atoms with van der Waals surface area (Å²) in [6.07, 6.45) is 4.54. The molecule has 0 bridgehead atoms. The Bertz CT molecular complexity index is 731. The van der Waals surface area contributed by atoms with Gasteiger partial charge in [-0.3, -0.25) is 14.5 Å². The third kappa shape index (κ3) is 3.70. The summed E-state index contributed by atoms with van der Waals surface area (Å²) in [5.41, 5.74) is 1.46. The number of imide groups is 1. The van der Waals surface area contributed by atoms with Crippen LogP contribution in [0.2, 0.25) is 0 Å². The third-order valence-electron chi connectivity index (χ3n) is 6.07. The third-order valence-corrected chi connectivity index (χ3v) is 6.07. The molecule has 2 aliphatic rings. The number of benzene rings is 1. The van der Waals surface area contributed by atoms with Gasteiger partial charge in [0.1, 0.15) is 12.1 Å². The van der Waals surface area contributed by atoms with Gasteiger partial charge in [-0.2, -0.15) is 0 Å². The number of hydrogen-bond donors (Lipinski definition) is 1. The first-order valence-electron chi connectivity index (χ1n) is 9.83. The fourth-order valence-corrected chi connectivity index (χ4v) is 4.14. The molecule has 1 aromatic rings. The van der Waals surface area contributed by atoms with Gasteiger partial charge in [-0.1, -0.05) is 51.0 Å². The lowest BCUT2D eigenvalue weighted by Gasteiger charge is -2.36. The number of nitrogens with one attached hydrogen (secondary N) is 1. The zero-order chi connectivity index (χ0) is 19.6. The molecule has 0 radical (unpaired) electrons. The second-order valence-electron chi connectivity index (χ2n) is 7.86. The Morgan fingerprint density at radius 1 is 1.22 bits per heavy atom. The largest absolute Gasteiger partial charge is 0.340 e. The molecule has 1 aliphatic carbocycles. The van der Waals surface area contributed by atoms with E-state index < -0.39 is 11.6 Å². The highest BCUT2D eigenvalue weighted by atomic mass is 16.2. The highest BCUT2D eigenvalue weighted by molar-refractivity contribution is 6.09. The van der Waals surface area contributed by atoms with Crippen LogP contribution in [0, 0.1) is 5.92 Å². The molecule has 146 valence electrons. The second-order valence-corrected chi connectivity index (χ2v) is 7.86. The molecule has 2 atom stereocenters. The molecule has 1 heterocycles. The number of urea groups is 1. The minimum absolute atomic E-state index is 0.0950. The van der Waals surface area contributed by atoms with Crippen LogP contribution in [0.4, 0.5) is 4.79 Å². The van der Waals surface area contributed by atoms with Gasteiger partial charge in [-0.05, 0) is 36.3 Å². The minimum atomic E-state index is -0.815. The van der Waals surface area contributed by atoms with Gasteiger partial charge in [0.05, 0.1) is 0 Å².